The fourth-order valence-corrected chi connectivity index (χ4v) is 1.27. The van der Waals surface area contributed by atoms with E-state index in [4.69, 9.17) is 10.5 Å². The molecule has 1 aromatic carbocycles. The van der Waals surface area contributed by atoms with Gasteiger partial charge < -0.3 is 20.3 Å². The van der Waals surface area contributed by atoms with Gasteiger partial charge in [0.1, 0.15) is 17.9 Å². The van der Waals surface area contributed by atoms with E-state index < -0.39 is 18.1 Å². The van der Waals surface area contributed by atoms with Crippen molar-refractivity contribution in [1.29, 1.82) is 0 Å². The highest BCUT2D eigenvalue weighted by Crippen LogP contribution is 2.19. The first-order valence-corrected chi connectivity index (χ1v) is 4.75. The maximum atomic E-state index is 11.1. The van der Waals surface area contributed by atoms with Gasteiger partial charge in [0, 0.05) is 0 Å². The molecule has 0 spiro atoms. The number of ether oxygens (including phenoxy) is 2. The maximum Gasteiger partial charge on any atom is 0.325 e. The number of carbonyl (C=O) groups is 1. The highest BCUT2D eigenvalue weighted by Gasteiger charge is 2.24. The van der Waals surface area contributed by atoms with Crippen LogP contribution in [0.3, 0.4) is 0 Å². The second-order valence-corrected chi connectivity index (χ2v) is 3.27. The van der Waals surface area contributed by atoms with Gasteiger partial charge in [0.15, 0.2) is 0 Å². The third-order valence-corrected chi connectivity index (χ3v) is 2.27. The van der Waals surface area contributed by atoms with Gasteiger partial charge in [0.05, 0.1) is 14.2 Å². The van der Waals surface area contributed by atoms with Crippen LogP contribution < -0.4 is 10.5 Å². The zero-order chi connectivity index (χ0) is 12.1. The van der Waals surface area contributed by atoms with Crippen molar-refractivity contribution in [2.24, 2.45) is 5.73 Å². The Hall–Kier alpha value is -1.59. The van der Waals surface area contributed by atoms with Crippen LogP contribution in [0.1, 0.15) is 11.7 Å². The first kappa shape index (κ1) is 12.5. The molecule has 0 unspecified atom stereocenters. The molecule has 1 aromatic rings. The fraction of sp³-hybridized carbons (Fsp3) is 0.364. The molecular formula is C11H15NO4. The maximum absolute atomic E-state index is 11.1. The SMILES string of the molecule is COC(=O)[C@H](N)[C@H](O)c1ccc(OC)cc1. The topological polar surface area (TPSA) is 81.8 Å². The largest absolute Gasteiger partial charge is 0.497 e. The first-order valence-electron chi connectivity index (χ1n) is 4.75. The quantitative estimate of drug-likeness (QED) is 0.717. The molecule has 0 amide bonds. The Labute approximate surface area is 93.8 Å². The van der Waals surface area contributed by atoms with Crippen LogP contribution in [0.25, 0.3) is 0 Å². The summed E-state index contributed by atoms with van der Waals surface area (Å²) in [7, 11) is 2.77. The highest BCUT2D eigenvalue weighted by atomic mass is 16.5. The zero-order valence-corrected chi connectivity index (χ0v) is 9.21. The third-order valence-electron chi connectivity index (χ3n) is 2.27. The van der Waals surface area contributed by atoms with Crippen molar-refractivity contribution in [3.05, 3.63) is 29.8 Å². The van der Waals surface area contributed by atoms with E-state index in [2.05, 4.69) is 4.74 Å². The van der Waals surface area contributed by atoms with Crippen LogP contribution >= 0.6 is 0 Å². The molecular weight excluding hydrogens is 210 g/mol. The summed E-state index contributed by atoms with van der Waals surface area (Å²) in [6, 6.07) is 5.57. The zero-order valence-electron chi connectivity index (χ0n) is 9.21. The van der Waals surface area contributed by atoms with E-state index >= 15 is 0 Å². The molecule has 0 bridgehead atoms. The van der Waals surface area contributed by atoms with Crippen LogP contribution in [0.15, 0.2) is 24.3 Å². The summed E-state index contributed by atoms with van der Waals surface area (Å²) in [5.74, 6) is 0.0194. The summed E-state index contributed by atoms with van der Waals surface area (Å²) in [4.78, 5) is 11.1. The number of benzene rings is 1. The van der Waals surface area contributed by atoms with Gasteiger partial charge in [-0.3, -0.25) is 4.79 Å². The van der Waals surface area contributed by atoms with Crippen molar-refractivity contribution in [2.75, 3.05) is 14.2 Å². The number of nitrogens with two attached hydrogens (primary N) is 1. The van der Waals surface area contributed by atoms with Crippen molar-refractivity contribution in [1.82, 2.24) is 0 Å². The van der Waals surface area contributed by atoms with E-state index in [-0.39, 0.29) is 0 Å². The van der Waals surface area contributed by atoms with Gasteiger partial charge in [0.2, 0.25) is 0 Å². The molecule has 0 aliphatic carbocycles. The van der Waals surface area contributed by atoms with E-state index in [1.165, 1.54) is 7.11 Å². The second kappa shape index (κ2) is 5.48. The average Bonchev–Trinajstić information content (AvgIpc) is 2.36. The molecule has 0 aliphatic heterocycles. The van der Waals surface area contributed by atoms with E-state index in [0.717, 1.165) is 0 Å². The minimum atomic E-state index is -1.08. The molecule has 16 heavy (non-hydrogen) atoms. The summed E-state index contributed by atoms with van der Waals surface area (Å²) in [6.45, 7) is 0. The Morgan fingerprint density at radius 3 is 2.31 bits per heavy atom. The van der Waals surface area contributed by atoms with Gasteiger partial charge in [-0.05, 0) is 17.7 Å². The Morgan fingerprint density at radius 2 is 1.88 bits per heavy atom. The van der Waals surface area contributed by atoms with E-state index in [1.807, 2.05) is 0 Å². The minimum absolute atomic E-state index is 0.540. The van der Waals surface area contributed by atoms with Crippen molar-refractivity contribution >= 4 is 5.97 Å². The predicted molar refractivity (Wildman–Crippen MR) is 57.9 cm³/mol. The highest BCUT2D eigenvalue weighted by molar-refractivity contribution is 5.76. The van der Waals surface area contributed by atoms with Gasteiger partial charge >= 0.3 is 5.97 Å². The predicted octanol–water partition coefficient (Wildman–Crippen LogP) is 0.229. The number of carbonyl (C=O) groups excluding carboxylic acids is 1. The number of hydrogen-bond donors (Lipinski definition) is 2. The van der Waals surface area contributed by atoms with Crippen LogP contribution in [-0.4, -0.2) is 31.3 Å². The molecule has 0 heterocycles. The first-order chi connectivity index (χ1) is 7.60. The van der Waals surface area contributed by atoms with Crippen LogP contribution in [-0.2, 0) is 9.53 Å². The van der Waals surface area contributed by atoms with E-state index in [0.29, 0.717) is 11.3 Å². The number of esters is 1. The lowest BCUT2D eigenvalue weighted by Crippen LogP contribution is -2.37. The smallest absolute Gasteiger partial charge is 0.325 e. The number of aliphatic hydroxyl groups excluding tert-OH is 1. The number of aliphatic hydroxyl groups is 1. The molecule has 0 saturated heterocycles. The lowest BCUT2D eigenvalue weighted by atomic mass is 10.0. The van der Waals surface area contributed by atoms with Crippen LogP contribution in [0.5, 0.6) is 5.75 Å². The van der Waals surface area contributed by atoms with Gasteiger partial charge in [0.25, 0.3) is 0 Å². The van der Waals surface area contributed by atoms with Gasteiger partial charge in [-0.1, -0.05) is 12.1 Å². The molecule has 2 atom stereocenters. The number of hydrogen-bond acceptors (Lipinski definition) is 5. The van der Waals surface area contributed by atoms with Crippen LogP contribution in [0.2, 0.25) is 0 Å². The van der Waals surface area contributed by atoms with Gasteiger partial charge in [-0.2, -0.15) is 0 Å². The molecule has 0 fully saturated rings. The Balaban J connectivity index is 2.79. The standard InChI is InChI=1S/C11H15NO4/c1-15-8-5-3-7(4-6-8)10(13)9(12)11(14)16-2/h3-6,9-10,13H,12H2,1-2H3/t9-,10-/m1/s1. The number of rotatable bonds is 4. The van der Waals surface area contributed by atoms with Crippen molar-refractivity contribution in [3.8, 4) is 5.75 Å². The molecule has 5 heteroatoms. The Morgan fingerprint density at radius 1 is 1.31 bits per heavy atom. The molecule has 0 aromatic heterocycles. The summed E-state index contributed by atoms with van der Waals surface area (Å²) < 4.78 is 9.42. The molecule has 0 saturated carbocycles. The molecule has 3 N–H and O–H groups in total. The average molecular weight is 225 g/mol. The van der Waals surface area contributed by atoms with Crippen LogP contribution in [0, 0.1) is 0 Å². The fourth-order valence-electron chi connectivity index (χ4n) is 1.27. The van der Waals surface area contributed by atoms with E-state index in [1.54, 1.807) is 31.4 Å². The second-order valence-electron chi connectivity index (χ2n) is 3.27. The normalized spacial score (nSPS) is 14.0. The Kier molecular flexibility index (Phi) is 4.28. The summed E-state index contributed by atoms with van der Waals surface area (Å²) in [5, 5.41) is 9.79. The summed E-state index contributed by atoms with van der Waals surface area (Å²) in [6.07, 6.45) is -1.08. The number of methoxy groups -OCH3 is 2. The van der Waals surface area contributed by atoms with Crippen molar-refractivity contribution in [3.63, 3.8) is 0 Å². The molecule has 88 valence electrons. The Bertz CT molecular complexity index is 350. The van der Waals surface area contributed by atoms with Gasteiger partial charge in [-0.25, -0.2) is 0 Å². The summed E-state index contributed by atoms with van der Waals surface area (Å²) in [5.41, 5.74) is 6.06. The van der Waals surface area contributed by atoms with Crippen molar-refractivity contribution in [2.45, 2.75) is 12.1 Å². The molecule has 0 radical (unpaired) electrons. The molecule has 5 nitrogen and oxygen atoms in total. The lowest BCUT2D eigenvalue weighted by Gasteiger charge is -2.17. The monoisotopic (exact) mass is 225 g/mol. The summed E-state index contributed by atoms with van der Waals surface area (Å²) >= 11 is 0. The van der Waals surface area contributed by atoms with E-state index in [9.17, 15) is 9.90 Å². The van der Waals surface area contributed by atoms with Gasteiger partial charge in [-0.15, -0.1) is 0 Å². The molecule has 0 aliphatic rings. The van der Waals surface area contributed by atoms with Crippen LogP contribution in [0.4, 0.5) is 0 Å². The lowest BCUT2D eigenvalue weighted by molar-refractivity contribution is -0.145. The third kappa shape index (κ3) is 2.71. The molecule has 1 rings (SSSR count). The van der Waals surface area contributed by atoms with Crippen molar-refractivity contribution < 1.29 is 19.4 Å². The minimum Gasteiger partial charge on any atom is -0.497 e.